The van der Waals surface area contributed by atoms with Gasteiger partial charge in [0.25, 0.3) is 0 Å². The molecular formula is C18H30O3. The highest BCUT2D eigenvalue weighted by molar-refractivity contribution is 5.38. The lowest BCUT2D eigenvalue weighted by Crippen LogP contribution is -1.88. The third-order valence-corrected chi connectivity index (χ3v) is 3.92. The normalized spacial score (nSPS) is 10.9. The van der Waals surface area contributed by atoms with Gasteiger partial charge in [0.2, 0.25) is 0 Å². The van der Waals surface area contributed by atoms with Crippen LogP contribution >= 0.6 is 0 Å². The van der Waals surface area contributed by atoms with Crippen LogP contribution in [-0.2, 0) is 6.42 Å². The van der Waals surface area contributed by atoms with Crippen LogP contribution in [0.4, 0.5) is 0 Å². The topological polar surface area (TPSA) is 60.7 Å². The SMILES string of the molecule is OCCCCCCCCCCCCc1cc(O)ccc1O. The molecular weight excluding hydrogens is 264 g/mol. The molecule has 0 aliphatic rings. The summed E-state index contributed by atoms with van der Waals surface area (Å²) in [5.74, 6) is 0.514. The first-order valence-electron chi connectivity index (χ1n) is 8.36. The van der Waals surface area contributed by atoms with Gasteiger partial charge >= 0.3 is 0 Å². The first-order valence-corrected chi connectivity index (χ1v) is 8.36. The molecule has 21 heavy (non-hydrogen) atoms. The minimum atomic E-state index is 0.226. The Morgan fingerprint density at radius 3 is 1.76 bits per heavy atom. The van der Waals surface area contributed by atoms with Gasteiger partial charge in [-0.15, -0.1) is 0 Å². The average molecular weight is 294 g/mol. The van der Waals surface area contributed by atoms with E-state index in [1.165, 1.54) is 51.0 Å². The maximum atomic E-state index is 9.67. The molecule has 0 atom stereocenters. The Morgan fingerprint density at radius 1 is 0.667 bits per heavy atom. The van der Waals surface area contributed by atoms with Gasteiger partial charge in [0, 0.05) is 6.61 Å². The lowest BCUT2D eigenvalue weighted by molar-refractivity contribution is 0.282. The summed E-state index contributed by atoms with van der Waals surface area (Å²) in [5, 5.41) is 27.7. The number of benzene rings is 1. The van der Waals surface area contributed by atoms with Crippen LogP contribution < -0.4 is 0 Å². The van der Waals surface area contributed by atoms with E-state index in [4.69, 9.17) is 5.11 Å². The summed E-state index contributed by atoms with van der Waals surface area (Å²) in [4.78, 5) is 0. The van der Waals surface area contributed by atoms with Gasteiger partial charge in [0.15, 0.2) is 0 Å². The molecule has 1 aromatic rings. The summed E-state index contributed by atoms with van der Waals surface area (Å²) in [6, 6.07) is 4.72. The van der Waals surface area contributed by atoms with Crippen LogP contribution in [0.25, 0.3) is 0 Å². The molecule has 0 amide bonds. The standard InChI is InChI=1S/C18H30O3/c19-14-10-8-6-4-2-1-3-5-7-9-11-16-15-17(20)12-13-18(16)21/h12-13,15,19-21H,1-11,14H2. The second-order valence-electron chi connectivity index (χ2n) is 5.82. The van der Waals surface area contributed by atoms with Crippen molar-refractivity contribution in [3.05, 3.63) is 23.8 Å². The van der Waals surface area contributed by atoms with Crippen LogP contribution in [0.5, 0.6) is 11.5 Å². The maximum absolute atomic E-state index is 9.67. The Hall–Kier alpha value is -1.22. The highest BCUT2D eigenvalue weighted by atomic mass is 16.3. The average Bonchev–Trinajstić information content (AvgIpc) is 2.48. The Morgan fingerprint density at radius 2 is 1.19 bits per heavy atom. The van der Waals surface area contributed by atoms with Gasteiger partial charge in [0.1, 0.15) is 11.5 Å². The van der Waals surface area contributed by atoms with E-state index in [2.05, 4.69) is 0 Å². The number of rotatable bonds is 12. The van der Waals surface area contributed by atoms with E-state index < -0.39 is 0 Å². The lowest BCUT2D eigenvalue weighted by Gasteiger charge is -2.05. The molecule has 1 rings (SSSR count). The largest absolute Gasteiger partial charge is 0.508 e. The molecule has 0 fully saturated rings. The zero-order valence-electron chi connectivity index (χ0n) is 13.1. The van der Waals surface area contributed by atoms with E-state index in [-0.39, 0.29) is 11.5 Å². The number of aliphatic hydroxyl groups excluding tert-OH is 1. The van der Waals surface area contributed by atoms with Crippen LogP contribution in [0.15, 0.2) is 18.2 Å². The van der Waals surface area contributed by atoms with Gasteiger partial charge in [-0.25, -0.2) is 0 Å². The van der Waals surface area contributed by atoms with Gasteiger partial charge in [0.05, 0.1) is 0 Å². The molecule has 0 aromatic heterocycles. The smallest absolute Gasteiger partial charge is 0.119 e. The first kappa shape index (κ1) is 17.8. The fraction of sp³-hybridized carbons (Fsp3) is 0.667. The number of phenols is 2. The number of phenolic OH excluding ortho intramolecular Hbond substituents is 2. The van der Waals surface area contributed by atoms with Gasteiger partial charge < -0.3 is 15.3 Å². The molecule has 3 nitrogen and oxygen atoms in total. The third-order valence-electron chi connectivity index (χ3n) is 3.92. The van der Waals surface area contributed by atoms with Gasteiger partial charge in [-0.3, -0.25) is 0 Å². The molecule has 0 saturated heterocycles. The predicted molar refractivity (Wildman–Crippen MR) is 86.7 cm³/mol. The summed E-state index contributed by atoms with van der Waals surface area (Å²) >= 11 is 0. The zero-order valence-corrected chi connectivity index (χ0v) is 13.1. The van der Waals surface area contributed by atoms with E-state index in [0.29, 0.717) is 6.61 Å². The molecule has 0 aliphatic carbocycles. The lowest BCUT2D eigenvalue weighted by atomic mass is 10.0. The van der Waals surface area contributed by atoms with Gasteiger partial charge in [-0.2, -0.15) is 0 Å². The highest BCUT2D eigenvalue weighted by Gasteiger charge is 2.02. The number of aliphatic hydroxyl groups is 1. The van der Waals surface area contributed by atoms with Crippen molar-refractivity contribution in [3.63, 3.8) is 0 Å². The Balaban J connectivity index is 1.94. The van der Waals surface area contributed by atoms with Crippen molar-refractivity contribution in [2.75, 3.05) is 6.61 Å². The fourth-order valence-corrected chi connectivity index (χ4v) is 2.61. The number of hydrogen-bond donors (Lipinski definition) is 3. The van der Waals surface area contributed by atoms with E-state index in [9.17, 15) is 10.2 Å². The Labute approximate surface area is 128 Å². The molecule has 0 bridgehead atoms. The number of unbranched alkanes of at least 4 members (excludes halogenated alkanes) is 9. The number of hydrogen-bond acceptors (Lipinski definition) is 3. The molecule has 0 heterocycles. The Bertz CT molecular complexity index is 377. The van der Waals surface area contributed by atoms with E-state index in [0.717, 1.165) is 31.2 Å². The second-order valence-corrected chi connectivity index (χ2v) is 5.82. The van der Waals surface area contributed by atoms with Crippen molar-refractivity contribution >= 4 is 0 Å². The molecule has 3 N–H and O–H groups in total. The fourth-order valence-electron chi connectivity index (χ4n) is 2.61. The second kappa shape index (κ2) is 11.4. The maximum Gasteiger partial charge on any atom is 0.119 e. The van der Waals surface area contributed by atoms with Gasteiger partial charge in [-0.05, 0) is 43.0 Å². The number of aromatic hydroxyl groups is 2. The van der Waals surface area contributed by atoms with Crippen LogP contribution in [0.3, 0.4) is 0 Å². The Kier molecular flexibility index (Phi) is 9.71. The van der Waals surface area contributed by atoms with E-state index in [1.54, 1.807) is 12.1 Å². The van der Waals surface area contributed by atoms with Crippen molar-refractivity contribution in [1.82, 2.24) is 0 Å². The van der Waals surface area contributed by atoms with Crippen LogP contribution in [0.2, 0.25) is 0 Å². The molecule has 0 radical (unpaired) electrons. The van der Waals surface area contributed by atoms with Crippen molar-refractivity contribution in [3.8, 4) is 11.5 Å². The molecule has 0 saturated carbocycles. The summed E-state index contributed by atoms with van der Waals surface area (Å²) < 4.78 is 0. The molecule has 3 heteroatoms. The summed E-state index contributed by atoms with van der Waals surface area (Å²) in [6.07, 6.45) is 12.9. The van der Waals surface area contributed by atoms with Crippen molar-refractivity contribution in [2.45, 2.75) is 70.6 Å². The monoisotopic (exact) mass is 294 g/mol. The third kappa shape index (κ3) is 8.61. The minimum Gasteiger partial charge on any atom is -0.508 e. The summed E-state index contributed by atoms with van der Waals surface area (Å²) in [6.45, 7) is 0.328. The molecule has 0 unspecified atom stereocenters. The van der Waals surface area contributed by atoms with Crippen LogP contribution in [0, 0.1) is 0 Å². The van der Waals surface area contributed by atoms with Crippen LogP contribution in [-0.4, -0.2) is 21.9 Å². The summed E-state index contributed by atoms with van der Waals surface area (Å²) in [5.41, 5.74) is 0.846. The minimum absolute atomic E-state index is 0.226. The van der Waals surface area contributed by atoms with Crippen LogP contribution in [0.1, 0.15) is 69.8 Å². The van der Waals surface area contributed by atoms with Crippen molar-refractivity contribution in [1.29, 1.82) is 0 Å². The zero-order chi connectivity index (χ0) is 15.3. The molecule has 0 aliphatic heterocycles. The summed E-state index contributed by atoms with van der Waals surface area (Å²) in [7, 11) is 0. The van der Waals surface area contributed by atoms with E-state index >= 15 is 0 Å². The van der Waals surface area contributed by atoms with Gasteiger partial charge in [-0.1, -0.05) is 51.4 Å². The molecule has 1 aromatic carbocycles. The molecule has 0 spiro atoms. The quantitative estimate of drug-likeness (QED) is 0.392. The van der Waals surface area contributed by atoms with E-state index in [1.807, 2.05) is 0 Å². The molecule has 120 valence electrons. The predicted octanol–water partition coefficient (Wildman–Crippen LogP) is 4.53. The first-order chi connectivity index (χ1) is 10.2. The number of aryl methyl sites for hydroxylation is 1. The van der Waals surface area contributed by atoms with Crippen molar-refractivity contribution < 1.29 is 15.3 Å². The van der Waals surface area contributed by atoms with Crippen molar-refractivity contribution in [2.24, 2.45) is 0 Å². The highest BCUT2D eigenvalue weighted by Crippen LogP contribution is 2.24.